The average Bonchev–Trinajstić information content (AvgIpc) is 1.64. The Morgan fingerprint density at radius 3 is 1.65 bits per heavy atom. The number of thioether (sulfide) groups is 1. The Balaban J connectivity index is 1.23. The van der Waals surface area contributed by atoms with Gasteiger partial charge in [-0.3, -0.25) is 82.7 Å². The lowest BCUT2D eigenvalue weighted by Crippen LogP contribution is -2.61. The molecule has 1 fully saturated rings. The van der Waals surface area contributed by atoms with E-state index in [4.69, 9.17) is 33.8 Å². The number of aliphatic hydroxyl groups excluding tert-OH is 1. The number of benzene rings is 4. The van der Waals surface area contributed by atoms with E-state index in [-0.39, 0.29) is 88.0 Å². The van der Waals surface area contributed by atoms with Crippen LogP contribution in [0.2, 0.25) is 0 Å². The van der Waals surface area contributed by atoms with E-state index in [9.17, 15) is 43.8 Å². The number of aliphatic hydroxyl groups is 1. The molecule has 680 valence electrons. The molecule has 0 saturated carbocycles. The third-order valence-corrected chi connectivity index (χ3v) is 21.5. The number of aromatic hydroxyl groups is 1. The Morgan fingerprint density at radius 2 is 1.05 bits per heavy atom. The molecule has 0 spiro atoms. The van der Waals surface area contributed by atoms with Crippen molar-refractivity contribution < 1.29 is 82.1 Å². The summed E-state index contributed by atoms with van der Waals surface area (Å²) < 4.78 is 1.53. The third-order valence-electron chi connectivity index (χ3n) is 20.5. The predicted molar refractivity (Wildman–Crippen MR) is 463 cm³/mol. The van der Waals surface area contributed by atoms with Crippen LogP contribution in [0.5, 0.6) is 5.75 Å². The number of H-pyrrole nitrogens is 2. The van der Waals surface area contributed by atoms with E-state index in [1.807, 2.05) is 12.1 Å². The molecule has 27 N–H and O–H groups in total. The molecule has 0 bridgehead atoms. The number of primary amides is 2. The minimum absolute atomic E-state index is 0.00910. The molecule has 4 aromatic carbocycles. The van der Waals surface area contributed by atoms with Crippen LogP contribution in [-0.4, -0.2) is 274 Å². The zero-order chi connectivity index (χ0) is 92.2. The first-order chi connectivity index (χ1) is 60.7. The van der Waals surface area contributed by atoms with Gasteiger partial charge in [0.25, 0.3) is 0 Å². The molecule has 11 atom stereocenters. The number of imidazole rings is 3. The normalized spacial score (nSPS) is 21.4. The topological polar surface area (TPSA) is 686 Å². The highest BCUT2D eigenvalue weighted by Crippen LogP contribution is 2.23. The summed E-state index contributed by atoms with van der Waals surface area (Å²) in [5.74, 6) is -17.1. The number of hydrogen-bond donors (Lipinski definition) is 23. The van der Waals surface area contributed by atoms with Crippen LogP contribution in [0.1, 0.15) is 79.2 Å². The Kier molecular flexibility index (Phi) is 37.8. The maximum Gasteiger partial charge on any atom is 0.246 e. The third kappa shape index (κ3) is 31.3. The molecule has 15 amide bonds. The summed E-state index contributed by atoms with van der Waals surface area (Å²) in [6.07, 6.45) is 4.84. The first-order valence-electron chi connectivity index (χ1n) is 40.7. The fourth-order valence-electron chi connectivity index (χ4n) is 13.7. The highest BCUT2D eigenvalue weighted by Gasteiger charge is 2.40. The highest BCUT2D eigenvalue weighted by molar-refractivity contribution is 8.00. The van der Waals surface area contributed by atoms with Crippen LogP contribution in [0.25, 0.3) is 10.8 Å². The zero-order valence-electron chi connectivity index (χ0n) is 70.1. The summed E-state index contributed by atoms with van der Waals surface area (Å²) in [7, 11) is 2.78. The van der Waals surface area contributed by atoms with Crippen molar-refractivity contribution in [3.8, 4) is 5.75 Å². The minimum Gasteiger partial charge on any atom is -0.508 e. The quantitative estimate of drug-likeness (QED) is 0.0123. The molecule has 8 rings (SSSR count). The number of nitrogens with two attached hydrogens (primary N) is 4. The van der Waals surface area contributed by atoms with E-state index < -0.39 is 224 Å². The number of guanidine groups is 2. The van der Waals surface area contributed by atoms with Crippen LogP contribution in [0, 0.1) is 10.8 Å². The lowest BCUT2D eigenvalue weighted by Gasteiger charge is -2.33. The van der Waals surface area contributed by atoms with Crippen molar-refractivity contribution in [1.29, 1.82) is 10.8 Å². The molecule has 127 heavy (non-hydrogen) atoms. The fourth-order valence-corrected chi connectivity index (χ4v) is 14.5. The predicted octanol–water partition coefficient (Wildman–Crippen LogP) is -5.86. The summed E-state index contributed by atoms with van der Waals surface area (Å²) in [4.78, 5) is 240. The van der Waals surface area contributed by atoms with Crippen LogP contribution in [0.3, 0.4) is 0 Å². The fraction of sp³-hybridized carbons (Fsp3) is 0.415. The van der Waals surface area contributed by atoms with E-state index in [1.54, 1.807) is 74.6 Å². The molecular weight excluding hydrogens is 1670 g/mol. The molecular formula is C82H109N27O17S. The number of aryl methyl sites for hydroxylation is 1. The molecule has 1 aliphatic rings. The van der Waals surface area contributed by atoms with E-state index in [1.165, 1.54) is 73.5 Å². The number of nitrogens with one attached hydrogen (secondary N) is 17. The molecule has 44 nitrogen and oxygen atoms in total. The van der Waals surface area contributed by atoms with Gasteiger partial charge in [-0.15, -0.1) is 11.8 Å². The number of likely N-dealkylation sites (N-methyl/N-ethyl adjacent to an activating group) is 1. The molecule has 3 aromatic heterocycles. The molecule has 1 saturated heterocycles. The highest BCUT2D eigenvalue weighted by atomic mass is 32.2. The Hall–Kier alpha value is -14.5. The van der Waals surface area contributed by atoms with Crippen LogP contribution in [-0.2, 0) is 117 Å². The summed E-state index contributed by atoms with van der Waals surface area (Å²) in [5.41, 5.74) is 24.4. The number of aromatic amines is 2. The number of amides is 15. The first-order valence-corrected chi connectivity index (χ1v) is 41.9. The number of rotatable bonds is 28. The van der Waals surface area contributed by atoms with Gasteiger partial charge in [0.05, 0.1) is 55.8 Å². The van der Waals surface area contributed by atoms with Crippen LogP contribution in [0.15, 0.2) is 135 Å². The maximum atomic E-state index is 15.5. The number of carbonyl (C=O) groups excluding carboxylic acids is 15. The average molecular weight is 1780 g/mol. The molecule has 1 aliphatic heterocycles. The van der Waals surface area contributed by atoms with Crippen molar-refractivity contribution in [2.24, 2.45) is 30.0 Å². The van der Waals surface area contributed by atoms with Gasteiger partial charge in [0.2, 0.25) is 88.6 Å². The van der Waals surface area contributed by atoms with Gasteiger partial charge in [0.1, 0.15) is 72.2 Å². The largest absolute Gasteiger partial charge is 0.508 e. The standard InChI is InChI=1S/C82H109N27O17S/c1-4-55-71(117)102-59(31-49-17-10-16-48-15-8-9-18-54(48)49)74(120)105-62(33-51-36-90-44-96-51)80(126)109(28-25-66(83)112)39-68(114)98-63(40-110)77(123)101-57(20-12-27-93-82(87)88)79(125)108(3)65(30-47-21-23-53(111)24-22-47)78(124)104-60(32-50-35-89-43-95-50)75(121)100-56(19-11-26-92-81(85)86)72(118)103-61(34-52-37-91-45-107(52)2)76(122)106-64(70(116)94-38-67(84)113)41-127-42-69(115)97-58(73(119)99-55)29-46-13-6-5-7-14-46/h5-10,13-18,21-24,35-37,43-45,55-65,110-111H,4,11-12,19-20,25-34,38-42H2,1-3H3,(H2,83,112)(H2,84,113)(H,89,95)(H,90,96)(H,94,116)(H,97,115)(H,98,114)(H,99,119)(H,100,121)(H,101,123)(H,102,117)(H,103,118)(H,104,124)(H,105,120)(H,106,122)(H4,85,86,92)(H4,87,88,93)/t55-,56-,57-,58-,59-,60-,61-,62-,63-,64-,65-/m0/s1. The molecule has 0 radical (unpaired) electrons. The second kappa shape index (κ2) is 49.1. The number of phenols is 1. The van der Waals surface area contributed by atoms with Gasteiger partial charge in [-0.25, -0.2) is 15.0 Å². The number of aromatic nitrogens is 6. The lowest BCUT2D eigenvalue weighted by atomic mass is 9.97. The Labute approximate surface area is 733 Å². The van der Waals surface area contributed by atoms with Gasteiger partial charge >= 0.3 is 0 Å². The van der Waals surface area contributed by atoms with Crippen LogP contribution >= 0.6 is 11.8 Å². The summed E-state index contributed by atoms with van der Waals surface area (Å²) in [5, 5.41) is 72.4. The summed E-state index contributed by atoms with van der Waals surface area (Å²) in [6, 6.07) is 8.18. The smallest absolute Gasteiger partial charge is 0.246 e. The minimum atomic E-state index is -1.95. The number of phenolic OH excluding ortho intramolecular Hbond substituents is 1. The van der Waals surface area contributed by atoms with E-state index in [0.29, 0.717) is 27.8 Å². The van der Waals surface area contributed by atoms with Crippen molar-refractivity contribution in [3.63, 3.8) is 0 Å². The Bertz CT molecular complexity index is 4980. The van der Waals surface area contributed by atoms with E-state index in [2.05, 4.69) is 94.0 Å². The van der Waals surface area contributed by atoms with Gasteiger partial charge in [0.15, 0.2) is 11.9 Å². The van der Waals surface area contributed by atoms with Gasteiger partial charge in [-0.05, 0) is 71.7 Å². The molecule has 0 unspecified atom stereocenters. The van der Waals surface area contributed by atoms with E-state index in [0.717, 1.165) is 26.9 Å². The van der Waals surface area contributed by atoms with E-state index >= 15 is 38.4 Å². The van der Waals surface area contributed by atoms with Gasteiger partial charge in [0, 0.05) is 109 Å². The van der Waals surface area contributed by atoms with Gasteiger partial charge in [-0.2, -0.15) is 0 Å². The summed E-state index contributed by atoms with van der Waals surface area (Å²) in [6.45, 7) is -2.06. The first kappa shape index (κ1) is 97.9. The second-order valence-electron chi connectivity index (χ2n) is 30.1. The number of carbonyl (C=O) groups is 15. The lowest BCUT2D eigenvalue weighted by molar-refractivity contribution is -0.143. The SMILES string of the molecule is CC[C@@H]1NC(=O)[C@H](Cc2ccccc2)NC(=O)CSC[C@@H](C(=O)NCC(N)=O)NC(=O)[C@H](Cc2cncn2C)NC(=O)[C@H](CCCNC(=N)N)NC(=O)[C@H](Cc2c[nH]cn2)NC(=O)[C@H](Cc2ccc(O)cc2)N(C)C(=O)[C@H](CCCNC(=N)N)NC(=O)[C@H](CO)NC(=O)CN(CCC(N)=O)C(=O)[C@H](Cc2c[nH]cn2)NC(=O)[C@H](Cc2cccc3ccccc23)NC1=O. The molecule has 7 aromatic rings. The van der Waals surface area contributed by atoms with Crippen molar-refractivity contribution in [1.82, 2.24) is 108 Å². The van der Waals surface area contributed by atoms with Crippen molar-refractivity contribution in [2.75, 3.05) is 57.9 Å². The summed E-state index contributed by atoms with van der Waals surface area (Å²) >= 11 is 0.783. The second-order valence-corrected chi connectivity index (χ2v) is 31.1. The number of fused-ring (bicyclic) bond motifs is 1. The molecule has 0 aliphatic carbocycles. The van der Waals surface area contributed by atoms with Gasteiger partial charge < -0.3 is 127 Å². The van der Waals surface area contributed by atoms with Crippen molar-refractivity contribution >= 4 is 123 Å². The van der Waals surface area contributed by atoms with Crippen molar-refractivity contribution in [2.45, 2.75) is 150 Å². The van der Waals surface area contributed by atoms with Crippen LogP contribution < -0.4 is 92.1 Å². The molecule has 45 heteroatoms. The van der Waals surface area contributed by atoms with Gasteiger partial charge in [-0.1, -0.05) is 91.9 Å². The molecule has 4 heterocycles. The zero-order valence-corrected chi connectivity index (χ0v) is 70.9. The Morgan fingerprint density at radius 1 is 0.528 bits per heavy atom. The monoisotopic (exact) mass is 1780 g/mol. The van der Waals surface area contributed by atoms with Crippen LogP contribution in [0.4, 0.5) is 0 Å². The number of hydrogen-bond acceptors (Lipinski definition) is 23. The number of nitrogens with zero attached hydrogens (tertiary/aromatic N) is 6. The maximum absolute atomic E-state index is 15.5. The van der Waals surface area contributed by atoms with Crippen molar-refractivity contribution in [3.05, 3.63) is 168 Å².